The lowest BCUT2D eigenvalue weighted by atomic mass is 9.79. The topological polar surface area (TPSA) is 58.9 Å². The van der Waals surface area contributed by atoms with Crippen LogP contribution in [0.1, 0.15) is 40.5 Å². The SMILES string of the molecule is CN(c1nnc(-c2ccc(-n3cccn3)cc2)s1)C1CC(C)(C)NC(C)(C)C1. The van der Waals surface area contributed by atoms with Crippen molar-refractivity contribution in [3.8, 4) is 16.3 Å². The standard InChI is InChI=1S/C21H28N6S/c1-20(2)13-17(14-21(3,4)25-20)26(5)19-24-23-18(28-19)15-7-9-16(10-8-15)27-12-6-11-22-27/h6-12,17,25H,13-14H2,1-5H3. The van der Waals surface area contributed by atoms with E-state index in [2.05, 4.69) is 84.5 Å². The quantitative estimate of drug-likeness (QED) is 0.718. The molecule has 0 radical (unpaired) electrons. The van der Waals surface area contributed by atoms with Gasteiger partial charge in [0.05, 0.1) is 5.69 Å². The Balaban J connectivity index is 1.52. The van der Waals surface area contributed by atoms with Crippen LogP contribution < -0.4 is 10.2 Å². The number of hydrogen-bond donors (Lipinski definition) is 1. The van der Waals surface area contributed by atoms with Crippen molar-refractivity contribution in [1.29, 1.82) is 0 Å². The molecule has 1 saturated heterocycles. The number of hydrogen-bond acceptors (Lipinski definition) is 6. The van der Waals surface area contributed by atoms with Gasteiger partial charge in [-0.2, -0.15) is 5.10 Å². The molecule has 0 spiro atoms. The van der Waals surface area contributed by atoms with E-state index < -0.39 is 0 Å². The predicted octanol–water partition coefficient (Wildman–Crippen LogP) is 4.14. The lowest BCUT2D eigenvalue weighted by molar-refractivity contribution is 0.161. The lowest BCUT2D eigenvalue weighted by Gasteiger charge is -2.48. The first-order valence-corrected chi connectivity index (χ1v) is 10.5. The zero-order chi connectivity index (χ0) is 19.9. The highest BCUT2D eigenvalue weighted by Gasteiger charge is 2.39. The van der Waals surface area contributed by atoms with E-state index in [9.17, 15) is 0 Å². The summed E-state index contributed by atoms with van der Waals surface area (Å²) in [4.78, 5) is 2.31. The molecule has 0 atom stereocenters. The third-order valence-electron chi connectivity index (χ3n) is 5.32. The van der Waals surface area contributed by atoms with Gasteiger partial charge in [0.2, 0.25) is 5.13 Å². The number of benzene rings is 1. The fourth-order valence-electron chi connectivity index (χ4n) is 4.35. The monoisotopic (exact) mass is 396 g/mol. The fraction of sp³-hybridized carbons (Fsp3) is 0.476. The largest absolute Gasteiger partial charge is 0.347 e. The van der Waals surface area contributed by atoms with Gasteiger partial charge in [0.25, 0.3) is 0 Å². The minimum absolute atomic E-state index is 0.108. The third kappa shape index (κ3) is 3.95. The summed E-state index contributed by atoms with van der Waals surface area (Å²) in [5, 5.41) is 18.9. The number of nitrogens with zero attached hydrogens (tertiary/aromatic N) is 5. The average Bonchev–Trinajstić information content (AvgIpc) is 3.30. The highest BCUT2D eigenvalue weighted by Crippen LogP contribution is 2.35. The summed E-state index contributed by atoms with van der Waals surface area (Å²) in [6.07, 6.45) is 5.89. The first kappa shape index (κ1) is 19.1. The second-order valence-corrected chi connectivity index (χ2v) is 9.91. The van der Waals surface area contributed by atoms with Crippen molar-refractivity contribution >= 4 is 16.5 Å². The van der Waals surface area contributed by atoms with E-state index in [1.165, 1.54) is 0 Å². The highest BCUT2D eigenvalue weighted by atomic mass is 32.1. The van der Waals surface area contributed by atoms with Crippen molar-refractivity contribution in [3.05, 3.63) is 42.7 Å². The summed E-state index contributed by atoms with van der Waals surface area (Å²) in [7, 11) is 2.15. The Morgan fingerprint density at radius 2 is 1.75 bits per heavy atom. The van der Waals surface area contributed by atoms with Crippen LogP contribution in [-0.4, -0.2) is 44.1 Å². The first-order valence-electron chi connectivity index (χ1n) is 9.69. The lowest BCUT2D eigenvalue weighted by Crippen LogP contribution is -2.61. The molecule has 0 amide bonds. The van der Waals surface area contributed by atoms with E-state index in [0.717, 1.165) is 34.2 Å². The molecule has 6 nitrogen and oxygen atoms in total. The van der Waals surface area contributed by atoms with Gasteiger partial charge in [-0.15, -0.1) is 10.2 Å². The van der Waals surface area contributed by atoms with Crippen LogP contribution in [0.4, 0.5) is 5.13 Å². The predicted molar refractivity (Wildman–Crippen MR) is 115 cm³/mol. The maximum Gasteiger partial charge on any atom is 0.208 e. The molecule has 0 aliphatic carbocycles. The summed E-state index contributed by atoms with van der Waals surface area (Å²) in [5.74, 6) is 0. The molecule has 7 heteroatoms. The Bertz CT molecular complexity index is 910. The molecule has 1 aliphatic rings. The Hall–Kier alpha value is -2.25. The van der Waals surface area contributed by atoms with Gasteiger partial charge in [-0.25, -0.2) is 4.68 Å². The molecule has 0 bridgehead atoms. The van der Waals surface area contributed by atoms with Gasteiger partial charge < -0.3 is 10.2 Å². The number of nitrogens with one attached hydrogen (secondary N) is 1. The van der Waals surface area contributed by atoms with Crippen LogP contribution >= 0.6 is 11.3 Å². The van der Waals surface area contributed by atoms with Crippen LogP contribution in [0.2, 0.25) is 0 Å². The molecule has 0 unspecified atom stereocenters. The van der Waals surface area contributed by atoms with Crippen molar-refractivity contribution in [2.24, 2.45) is 0 Å². The van der Waals surface area contributed by atoms with Crippen LogP contribution in [0.3, 0.4) is 0 Å². The number of piperidine rings is 1. The van der Waals surface area contributed by atoms with Gasteiger partial charge >= 0.3 is 0 Å². The Kier molecular flexibility index (Phi) is 4.75. The molecule has 28 heavy (non-hydrogen) atoms. The van der Waals surface area contributed by atoms with Gasteiger partial charge in [0.1, 0.15) is 5.01 Å². The van der Waals surface area contributed by atoms with Crippen LogP contribution in [0, 0.1) is 0 Å². The molecule has 3 aromatic rings. The van der Waals surface area contributed by atoms with E-state index in [4.69, 9.17) is 0 Å². The van der Waals surface area contributed by atoms with Crippen molar-refractivity contribution in [3.63, 3.8) is 0 Å². The molecule has 4 rings (SSSR count). The van der Waals surface area contributed by atoms with Crippen molar-refractivity contribution in [2.75, 3.05) is 11.9 Å². The molecule has 1 fully saturated rings. The van der Waals surface area contributed by atoms with Crippen LogP contribution in [0.25, 0.3) is 16.3 Å². The molecule has 0 saturated carbocycles. The van der Waals surface area contributed by atoms with Crippen molar-refractivity contribution in [1.82, 2.24) is 25.3 Å². The van der Waals surface area contributed by atoms with Crippen LogP contribution in [-0.2, 0) is 0 Å². The first-order chi connectivity index (χ1) is 13.2. The van der Waals surface area contributed by atoms with Crippen molar-refractivity contribution in [2.45, 2.75) is 57.7 Å². The minimum atomic E-state index is 0.108. The maximum absolute atomic E-state index is 4.49. The summed E-state index contributed by atoms with van der Waals surface area (Å²) in [6, 6.07) is 10.6. The highest BCUT2D eigenvalue weighted by molar-refractivity contribution is 7.18. The number of anilines is 1. The molecular weight excluding hydrogens is 368 g/mol. The molecule has 2 aromatic heterocycles. The van der Waals surface area contributed by atoms with E-state index in [1.807, 2.05) is 16.9 Å². The van der Waals surface area contributed by atoms with E-state index in [-0.39, 0.29) is 11.1 Å². The Morgan fingerprint density at radius 1 is 1.07 bits per heavy atom. The third-order valence-corrected chi connectivity index (χ3v) is 6.38. The molecular formula is C21H28N6S. The smallest absolute Gasteiger partial charge is 0.208 e. The molecule has 148 valence electrons. The summed E-state index contributed by atoms with van der Waals surface area (Å²) < 4.78 is 1.85. The van der Waals surface area contributed by atoms with E-state index in [1.54, 1.807) is 17.5 Å². The summed E-state index contributed by atoms with van der Waals surface area (Å²) in [5.41, 5.74) is 2.33. The minimum Gasteiger partial charge on any atom is -0.347 e. The summed E-state index contributed by atoms with van der Waals surface area (Å²) >= 11 is 1.65. The van der Waals surface area contributed by atoms with E-state index in [0.29, 0.717) is 6.04 Å². The molecule has 1 aliphatic heterocycles. The molecule has 1 N–H and O–H groups in total. The maximum atomic E-state index is 4.49. The van der Waals surface area contributed by atoms with Gasteiger partial charge in [-0.3, -0.25) is 0 Å². The van der Waals surface area contributed by atoms with Gasteiger partial charge in [-0.1, -0.05) is 11.3 Å². The second-order valence-electron chi connectivity index (χ2n) is 8.95. The van der Waals surface area contributed by atoms with Crippen molar-refractivity contribution < 1.29 is 0 Å². The summed E-state index contributed by atoms with van der Waals surface area (Å²) in [6.45, 7) is 9.12. The van der Waals surface area contributed by atoms with E-state index >= 15 is 0 Å². The number of rotatable bonds is 4. The van der Waals surface area contributed by atoms with Crippen LogP contribution in [0.15, 0.2) is 42.7 Å². The molecule has 1 aromatic carbocycles. The normalized spacial score (nSPS) is 18.9. The molecule has 3 heterocycles. The zero-order valence-corrected chi connectivity index (χ0v) is 18.0. The Morgan fingerprint density at radius 3 is 2.36 bits per heavy atom. The second kappa shape index (κ2) is 6.97. The average molecular weight is 397 g/mol. The zero-order valence-electron chi connectivity index (χ0n) is 17.2. The number of aromatic nitrogens is 4. The Labute approximate surface area is 170 Å². The van der Waals surface area contributed by atoms with Crippen LogP contribution in [0.5, 0.6) is 0 Å². The fourth-order valence-corrected chi connectivity index (χ4v) is 5.23. The van der Waals surface area contributed by atoms with Gasteiger partial charge in [-0.05, 0) is 70.9 Å². The van der Waals surface area contributed by atoms with Gasteiger partial charge in [0, 0.05) is 42.1 Å². The van der Waals surface area contributed by atoms with Gasteiger partial charge in [0.15, 0.2) is 0 Å².